The summed E-state index contributed by atoms with van der Waals surface area (Å²) >= 11 is 0. The van der Waals surface area contributed by atoms with Crippen molar-refractivity contribution in [3.63, 3.8) is 0 Å². The predicted octanol–water partition coefficient (Wildman–Crippen LogP) is 1.59. The van der Waals surface area contributed by atoms with Crippen molar-refractivity contribution in [3.8, 4) is 11.5 Å². The summed E-state index contributed by atoms with van der Waals surface area (Å²) in [6, 6.07) is 5.91. The summed E-state index contributed by atoms with van der Waals surface area (Å²) < 4.78 is 10.6. The molecule has 0 bridgehead atoms. The van der Waals surface area contributed by atoms with E-state index in [0.29, 0.717) is 6.54 Å². The van der Waals surface area contributed by atoms with Gasteiger partial charge in [0, 0.05) is 12.6 Å². The highest BCUT2D eigenvalue weighted by atomic mass is 16.7. The fourth-order valence-electron chi connectivity index (χ4n) is 1.87. The quantitative estimate of drug-likeness (QED) is 0.819. The first kappa shape index (κ1) is 13.7. The molecule has 0 aliphatic carbocycles. The molecule has 1 aromatic rings. The third-order valence-corrected chi connectivity index (χ3v) is 3.04. The molecule has 104 valence electrons. The van der Waals surface area contributed by atoms with E-state index in [2.05, 4.69) is 10.6 Å². The maximum atomic E-state index is 11.5. The van der Waals surface area contributed by atoms with E-state index in [1.165, 1.54) is 0 Å². The fraction of sp³-hybridized carbons (Fsp3) is 0.500. The molecule has 0 saturated heterocycles. The Morgan fingerprint density at radius 1 is 1.37 bits per heavy atom. The zero-order valence-electron chi connectivity index (χ0n) is 11.4. The molecule has 2 rings (SSSR count). The van der Waals surface area contributed by atoms with Gasteiger partial charge in [0.1, 0.15) is 0 Å². The molecule has 1 heterocycles. The van der Waals surface area contributed by atoms with E-state index in [4.69, 9.17) is 9.47 Å². The van der Waals surface area contributed by atoms with Crippen LogP contribution in [0.5, 0.6) is 11.5 Å². The summed E-state index contributed by atoms with van der Waals surface area (Å²) in [7, 11) is 0. The summed E-state index contributed by atoms with van der Waals surface area (Å²) in [4.78, 5) is 11.5. The number of benzene rings is 1. The van der Waals surface area contributed by atoms with E-state index in [-0.39, 0.29) is 18.7 Å². The Kier molecular flexibility index (Phi) is 4.63. The van der Waals surface area contributed by atoms with Crippen LogP contribution < -0.4 is 20.1 Å². The summed E-state index contributed by atoms with van der Waals surface area (Å²) in [5.74, 6) is 1.56. The Bertz CT molecular complexity index is 448. The monoisotopic (exact) mass is 264 g/mol. The molecular formula is C14H20N2O3. The molecule has 1 aliphatic heterocycles. The molecule has 0 fully saturated rings. The molecular weight excluding hydrogens is 244 g/mol. The average Bonchev–Trinajstić information content (AvgIpc) is 2.89. The predicted molar refractivity (Wildman–Crippen MR) is 72.3 cm³/mol. The van der Waals surface area contributed by atoms with Crippen LogP contribution in [-0.4, -0.2) is 25.8 Å². The highest BCUT2D eigenvalue weighted by Crippen LogP contribution is 2.33. The number of rotatable bonds is 6. The van der Waals surface area contributed by atoms with Crippen LogP contribution in [0, 0.1) is 0 Å². The smallest absolute Gasteiger partial charge is 0.233 e. The Morgan fingerprint density at radius 3 is 2.95 bits per heavy atom. The molecule has 0 saturated carbocycles. The number of ether oxygens (including phenoxy) is 2. The van der Waals surface area contributed by atoms with E-state index < -0.39 is 0 Å². The van der Waals surface area contributed by atoms with Gasteiger partial charge in [0.15, 0.2) is 11.5 Å². The highest BCUT2D eigenvalue weighted by molar-refractivity contribution is 5.78. The number of fused-ring (bicyclic) bond motifs is 1. The van der Waals surface area contributed by atoms with Crippen LogP contribution in [0.1, 0.15) is 31.9 Å². The van der Waals surface area contributed by atoms with Crippen molar-refractivity contribution in [2.75, 3.05) is 19.9 Å². The Balaban J connectivity index is 1.86. The van der Waals surface area contributed by atoms with E-state index in [0.717, 1.165) is 30.0 Å². The Morgan fingerprint density at radius 2 is 2.16 bits per heavy atom. The molecule has 5 heteroatoms. The second-order valence-corrected chi connectivity index (χ2v) is 4.57. The minimum Gasteiger partial charge on any atom is -0.454 e. The Labute approximate surface area is 113 Å². The van der Waals surface area contributed by atoms with Gasteiger partial charge in [0.05, 0.1) is 6.54 Å². The number of nitrogens with one attached hydrogen (secondary N) is 2. The summed E-state index contributed by atoms with van der Waals surface area (Å²) in [6.45, 7) is 5.36. The van der Waals surface area contributed by atoms with Crippen LogP contribution in [0.25, 0.3) is 0 Å². The van der Waals surface area contributed by atoms with Crippen molar-refractivity contribution in [1.29, 1.82) is 0 Å². The van der Waals surface area contributed by atoms with E-state index in [1.54, 1.807) is 0 Å². The van der Waals surface area contributed by atoms with E-state index >= 15 is 0 Å². The maximum Gasteiger partial charge on any atom is 0.233 e. The third kappa shape index (κ3) is 3.61. The third-order valence-electron chi connectivity index (χ3n) is 3.04. The number of carbonyl (C=O) groups excluding carboxylic acids is 1. The summed E-state index contributed by atoms with van der Waals surface area (Å²) in [5.41, 5.74) is 1.08. The topological polar surface area (TPSA) is 59.6 Å². The molecule has 1 aromatic carbocycles. The zero-order chi connectivity index (χ0) is 13.7. The lowest BCUT2D eigenvalue weighted by Gasteiger charge is -2.14. The Hall–Kier alpha value is -1.75. The number of hydrogen-bond acceptors (Lipinski definition) is 4. The SMILES string of the molecule is CCCNC(=O)CNC(C)c1ccc2c(c1)OCO2. The first-order valence-corrected chi connectivity index (χ1v) is 6.60. The first-order valence-electron chi connectivity index (χ1n) is 6.60. The van der Waals surface area contributed by atoms with Crippen LogP contribution in [0.4, 0.5) is 0 Å². The number of carbonyl (C=O) groups is 1. The maximum absolute atomic E-state index is 11.5. The minimum atomic E-state index is 0.0226. The summed E-state index contributed by atoms with van der Waals surface area (Å²) in [6.07, 6.45) is 0.948. The lowest BCUT2D eigenvalue weighted by atomic mass is 10.1. The lowest BCUT2D eigenvalue weighted by Crippen LogP contribution is -2.35. The van der Waals surface area contributed by atoms with Gasteiger partial charge in [-0.2, -0.15) is 0 Å². The fourth-order valence-corrected chi connectivity index (χ4v) is 1.87. The van der Waals surface area contributed by atoms with Crippen LogP contribution in [-0.2, 0) is 4.79 Å². The lowest BCUT2D eigenvalue weighted by molar-refractivity contribution is -0.120. The van der Waals surface area contributed by atoms with Gasteiger partial charge in [0.25, 0.3) is 0 Å². The molecule has 19 heavy (non-hydrogen) atoms. The van der Waals surface area contributed by atoms with E-state index in [9.17, 15) is 4.79 Å². The van der Waals surface area contributed by atoms with Gasteiger partial charge in [-0.1, -0.05) is 13.0 Å². The standard InChI is InChI=1S/C14H20N2O3/c1-3-6-15-14(17)8-16-10(2)11-4-5-12-13(7-11)19-9-18-12/h4-5,7,10,16H,3,6,8-9H2,1-2H3,(H,15,17). The molecule has 1 aliphatic rings. The van der Waals surface area contributed by atoms with Crippen LogP contribution in [0.15, 0.2) is 18.2 Å². The largest absolute Gasteiger partial charge is 0.454 e. The van der Waals surface area contributed by atoms with E-state index in [1.807, 2.05) is 32.0 Å². The average molecular weight is 264 g/mol. The minimum absolute atomic E-state index is 0.0226. The zero-order valence-corrected chi connectivity index (χ0v) is 11.4. The molecule has 0 spiro atoms. The van der Waals surface area contributed by atoms with Gasteiger partial charge in [-0.3, -0.25) is 4.79 Å². The highest BCUT2D eigenvalue weighted by Gasteiger charge is 2.15. The number of hydrogen-bond donors (Lipinski definition) is 2. The molecule has 5 nitrogen and oxygen atoms in total. The second kappa shape index (κ2) is 6.43. The van der Waals surface area contributed by atoms with Gasteiger partial charge in [0.2, 0.25) is 12.7 Å². The number of amides is 1. The molecule has 1 atom stereocenters. The van der Waals surface area contributed by atoms with Crippen molar-refractivity contribution in [3.05, 3.63) is 23.8 Å². The van der Waals surface area contributed by atoms with Gasteiger partial charge in [-0.25, -0.2) is 0 Å². The molecule has 0 radical (unpaired) electrons. The van der Waals surface area contributed by atoms with Crippen molar-refractivity contribution in [2.45, 2.75) is 26.3 Å². The molecule has 2 N–H and O–H groups in total. The van der Waals surface area contributed by atoms with Gasteiger partial charge in [-0.15, -0.1) is 0 Å². The van der Waals surface area contributed by atoms with Crippen molar-refractivity contribution in [2.24, 2.45) is 0 Å². The second-order valence-electron chi connectivity index (χ2n) is 4.57. The molecule has 0 aromatic heterocycles. The van der Waals surface area contributed by atoms with Crippen molar-refractivity contribution in [1.82, 2.24) is 10.6 Å². The van der Waals surface area contributed by atoms with Crippen LogP contribution >= 0.6 is 0 Å². The van der Waals surface area contributed by atoms with Crippen molar-refractivity contribution < 1.29 is 14.3 Å². The molecule has 1 unspecified atom stereocenters. The first-order chi connectivity index (χ1) is 9.20. The molecule has 1 amide bonds. The van der Waals surface area contributed by atoms with Gasteiger partial charge in [-0.05, 0) is 31.0 Å². The van der Waals surface area contributed by atoms with Gasteiger partial charge >= 0.3 is 0 Å². The summed E-state index contributed by atoms with van der Waals surface area (Å²) in [5, 5.41) is 6.03. The van der Waals surface area contributed by atoms with Crippen molar-refractivity contribution >= 4 is 5.91 Å². The van der Waals surface area contributed by atoms with Gasteiger partial charge < -0.3 is 20.1 Å². The van der Waals surface area contributed by atoms with Crippen LogP contribution in [0.2, 0.25) is 0 Å². The van der Waals surface area contributed by atoms with Crippen LogP contribution in [0.3, 0.4) is 0 Å². The normalized spacial score (nSPS) is 14.2.